The molecule has 0 aliphatic carbocycles. The Kier molecular flexibility index (Phi) is 3.60. The highest BCUT2D eigenvalue weighted by molar-refractivity contribution is 5.64. The van der Waals surface area contributed by atoms with Crippen molar-refractivity contribution in [1.29, 1.82) is 0 Å². The average molecular weight is 281 g/mol. The van der Waals surface area contributed by atoms with Gasteiger partial charge in [0, 0.05) is 11.1 Å². The van der Waals surface area contributed by atoms with Crippen molar-refractivity contribution in [2.75, 3.05) is 14.2 Å². The molecule has 0 atom stereocenters. The van der Waals surface area contributed by atoms with Gasteiger partial charge in [0.15, 0.2) is 0 Å². The summed E-state index contributed by atoms with van der Waals surface area (Å²) in [5, 5.41) is 0. The van der Waals surface area contributed by atoms with Crippen LogP contribution in [0.3, 0.4) is 0 Å². The lowest BCUT2D eigenvalue weighted by Crippen LogP contribution is -1.85. The van der Waals surface area contributed by atoms with Crippen LogP contribution >= 0.6 is 0 Å². The molecule has 1 heterocycles. The molecule has 3 aromatic rings. The maximum absolute atomic E-state index is 5.56. The Morgan fingerprint density at radius 3 is 2.33 bits per heavy atom. The molecule has 4 nitrogen and oxygen atoms in total. The van der Waals surface area contributed by atoms with Crippen LogP contribution in [0.15, 0.2) is 59.2 Å². The lowest BCUT2D eigenvalue weighted by molar-refractivity contribution is 0.414. The molecule has 0 N–H and O–H groups in total. The van der Waals surface area contributed by atoms with Crippen molar-refractivity contribution < 1.29 is 13.9 Å². The second-order valence-electron chi connectivity index (χ2n) is 4.50. The molecule has 0 radical (unpaired) electrons. The molecular formula is C17H15NO3. The van der Waals surface area contributed by atoms with Gasteiger partial charge >= 0.3 is 0 Å². The van der Waals surface area contributed by atoms with E-state index < -0.39 is 0 Å². The Hall–Kier alpha value is -2.75. The molecule has 3 rings (SSSR count). The van der Waals surface area contributed by atoms with E-state index in [1.54, 1.807) is 20.5 Å². The van der Waals surface area contributed by atoms with Crippen molar-refractivity contribution in [2.24, 2.45) is 0 Å². The highest BCUT2D eigenvalue weighted by Crippen LogP contribution is 2.27. The number of ether oxygens (including phenoxy) is 2. The van der Waals surface area contributed by atoms with E-state index in [9.17, 15) is 0 Å². The van der Waals surface area contributed by atoms with Crippen molar-refractivity contribution in [3.05, 3.63) is 54.8 Å². The highest BCUT2D eigenvalue weighted by Gasteiger charge is 2.09. The Bertz CT molecular complexity index is 732. The fraction of sp³-hybridized carbons (Fsp3) is 0.118. The van der Waals surface area contributed by atoms with Gasteiger partial charge in [0.1, 0.15) is 23.5 Å². The van der Waals surface area contributed by atoms with Crippen molar-refractivity contribution in [1.82, 2.24) is 4.98 Å². The van der Waals surface area contributed by atoms with Gasteiger partial charge in [-0.3, -0.25) is 0 Å². The van der Waals surface area contributed by atoms with Crippen LogP contribution in [-0.2, 0) is 0 Å². The number of aromatic nitrogens is 1. The summed E-state index contributed by atoms with van der Waals surface area (Å²) in [5.74, 6) is 2.18. The van der Waals surface area contributed by atoms with E-state index in [1.165, 1.54) is 0 Å². The predicted octanol–water partition coefficient (Wildman–Crippen LogP) is 4.03. The summed E-state index contributed by atoms with van der Waals surface area (Å²) < 4.78 is 15.9. The smallest absolute Gasteiger partial charge is 0.226 e. The summed E-state index contributed by atoms with van der Waals surface area (Å²) in [5.41, 5.74) is 2.64. The van der Waals surface area contributed by atoms with Gasteiger partial charge in [0.05, 0.1) is 14.2 Å². The molecule has 0 saturated heterocycles. The van der Waals surface area contributed by atoms with Crippen LogP contribution in [0, 0.1) is 0 Å². The maximum Gasteiger partial charge on any atom is 0.226 e. The Morgan fingerprint density at radius 2 is 1.62 bits per heavy atom. The van der Waals surface area contributed by atoms with Gasteiger partial charge in [-0.1, -0.05) is 12.1 Å². The molecule has 0 amide bonds. The minimum Gasteiger partial charge on any atom is -0.497 e. The second-order valence-corrected chi connectivity index (χ2v) is 4.50. The first kappa shape index (κ1) is 13.2. The topological polar surface area (TPSA) is 44.5 Å². The molecule has 0 aliphatic heterocycles. The maximum atomic E-state index is 5.56. The molecule has 2 aromatic carbocycles. The van der Waals surface area contributed by atoms with Crippen LogP contribution in [0.1, 0.15) is 0 Å². The zero-order valence-electron chi connectivity index (χ0n) is 11.9. The minimum absolute atomic E-state index is 0.579. The number of oxazole rings is 1. The van der Waals surface area contributed by atoms with E-state index in [4.69, 9.17) is 13.9 Å². The molecular weight excluding hydrogens is 266 g/mol. The molecule has 0 saturated carbocycles. The van der Waals surface area contributed by atoms with Crippen LogP contribution < -0.4 is 9.47 Å². The van der Waals surface area contributed by atoms with Gasteiger partial charge < -0.3 is 13.9 Å². The molecule has 0 spiro atoms. The van der Waals surface area contributed by atoms with Crippen molar-refractivity contribution >= 4 is 0 Å². The van der Waals surface area contributed by atoms with Gasteiger partial charge in [-0.15, -0.1) is 0 Å². The van der Waals surface area contributed by atoms with E-state index in [2.05, 4.69) is 4.98 Å². The van der Waals surface area contributed by atoms with E-state index in [-0.39, 0.29) is 0 Å². The summed E-state index contributed by atoms with van der Waals surface area (Å²) in [6, 6.07) is 15.3. The fourth-order valence-corrected chi connectivity index (χ4v) is 2.05. The molecule has 21 heavy (non-hydrogen) atoms. The summed E-state index contributed by atoms with van der Waals surface area (Å²) >= 11 is 0. The average Bonchev–Trinajstić information content (AvgIpc) is 3.05. The summed E-state index contributed by atoms with van der Waals surface area (Å²) in [6.45, 7) is 0. The minimum atomic E-state index is 0.579. The second kappa shape index (κ2) is 5.71. The van der Waals surface area contributed by atoms with Gasteiger partial charge in [-0.05, 0) is 36.4 Å². The van der Waals surface area contributed by atoms with Gasteiger partial charge in [-0.2, -0.15) is 0 Å². The number of hydrogen-bond acceptors (Lipinski definition) is 4. The zero-order valence-corrected chi connectivity index (χ0v) is 11.9. The first-order chi connectivity index (χ1) is 10.3. The highest BCUT2D eigenvalue weighted by atomic mass is 16.5. The third-order valence-corrected chi connectivity index (χ3v) is 3.21. The molecule has 0 bridgehead atoms. The SMILES string of the molecule is COc1ccc(-c2nc(-c3cccc(OC)c3)co2)cc1. The molecule has 106 valence electrons. The van der Waals surface area contributed by atoms with E-state index in [1.807, 2.05) is 48.5 Å². The van der Waals surface area contributed by atoms with Crippen LogP contribution in [0.5, 0.6) is 11.5 Å². The Labute approximate surface area is 123 Å². The lowest BCUT2D eigenvalue weighted by Gasteiger charge is -2.01. The molecule has 4 heteroatoms. The quantitative estimate of drug-likeness (QED) is 0.724. The summed E-state index contributed by atoms with van der Waals surface area (Å²) in [4.78, 5) is 4.52. The predicted molar refractivity (Wildman–Crippen MR) is 80.5 cm³/mol. The standard InChI is InChI=1S/C17H15NO3/c1-19-14-8-6-12(7-9-14)17-18-16(11-21-17)13-4-3-5-15(10-13)20-2/h3-11H,1-2H3. The zero-order chi connectivity index (χ0) is 14.7. The summed E-state index contributed by atoms with van der Waals surface area (Å²) in [6.07, 6.45) is 1.65. The monoisotopic (exact) mass is 281 g/mol. The Morgan fingerprint density at radius 1 is 0.857 bits per heavy atom. The van der Waals surface area contributed by atoms with Crippen molar-refractivity contribution in [2.45, 2.75) is 0 Å². The number of benzene rings is 2. The molecule has 0 aliphatic rings. The van der Waals surface area contributed by atoms with Gasteiger partial charge in [-0.25, -0.2) is 4.98 Å². The van der Waals surface area contributed by atoms with Crippen molar-refractivity contribution in [3.63, 3.8) is 0 Å². The van der Waals surface area contributed by atoms with Crippen molar-refractivity contribution in [3.8, 4) is 34.2 Å². The van der Waals surface area contributed by atoms with Crippen LogP contribution in [0.2, 0.25) is 0 Å². The molecule has 0 fully saturated rings. The first-order valence-electron chi connectivity index (χ1n) is 6.54. The first-order valence-corrected chi connectivity index (χ1v) is 6.54. The molecule has 1 aromatic heterocycles. The van der Waals surface area contributed by atoms with Gasteiger partial charge in [0.25, 0.3) is 0 Å². The number of rotatable bonds is 4. The van der Waals surface area contributed by atoms with Crippen LogP contribution in [-0.4, -0.2) is 19.2 Å². The fourth-order valence-electron chi connectivity index (χ4n) is 2.05. The lowest BCUT2D eigenvalue weighted by atomic mass is 10.1. The number of nitrogens with zero attached hydrogens (tertiary/aromatic N) is 1. The van der Waals surface area contributed by atoms with Crippen LogP contribution in [0.25, 0.3) is 22.7 Å². The van der Waals surface area contributed by atoms with Crippen LogP contribution in [0.4, 0.5) is 0 Å². The number of hydrogen-bond donors (Lipinski definition) is 0. The third-order valence-electron chi connectivity index (χ3n) is 3.21. The Balaban J connectivity index is 1.91. The third kappa shape index (κ3) is 2.74. The summed E-state index contributed by atoms with van der Waals surface area (Å²) in [7, 11) is 3.28. The normalized spacial score (nSPS) is 10.4. The van der Waals surface area contributed by atoms with E-state index in [0.29, 0.717) is 5.89 Å². The van der Waals surface area contributed by atoms with E-state index >= 15 is 0 Å². The molecule has 0 unspecified atom stereocenters. The largest absolute Gasteiger partial charge is 0.497 e. The number of methoxy groups -OCH3 is 2. The van der Waals surface area contributed by atoms with Gasteiger partial charge in [0.2, 0.25) is 5.89 Å². The van der Waals surface area contributed by atoms with E-state index in [0.717, 1.165) is 28.3 Å².